The van der Waals surface area contributed by atoms with Crippen molar-refractivity contribution in [3.05, 3.63) is 65.7 Å². The SMILES string of the molecule is CC(=O)N(C)c1cccc2c(O)c(C(=O)Nc3ccccc3C)ccc12. The first-order valence-electron chi connectivity index (χ1n) is 8.26. The molecular weight excluding hydrogens is 328 g/mol. The number of nitrogens with zero attached hydrogens (tertiary/aromatic N) is 1. The van der Waals surface area contributed by atoms with Gasteiger partial charge < -0.3 is 15.3 Å². The highest BCUT2D eigenvalue weighted by Crippen LogP contribution is 2.34. The van der Waals surface area contributed by atoms with Crippen LogP contribution in [0.1, 0.15) is 22.8 Å². The highest BCUT2D eigenvalue weighted by molar-refractivity contribution is 6.12. The summed E-state index contributed by atoms with van der Waals surface area (Å²) in [5, 5.41) is 14.7. The molecule has 0 aliphatic heterocycles. The third kappa shape index (κ3) is 3.11. The number of aryl methyl sites for hydroxylation is 1. The Kier molecular flexibility index (Phi) is 4.63. The van der Waals surface area contributed by atoms with E-state index in [9.17, 15) is 14.7 Å². The van der Waals surface area contributed by atoms with Gasteiger partial charge in [0.2, 0.25) is 5.91 Å². The molecule has 0 aliphatic carbocycles. The number of carbonyl (C=O) groups is 2. The van der Waals surface area contributed by atoms with Crippen LogP contribution in [0.15, 0.2) is 54.6 Å². The minimum atomic E-state index is -0.385. The topological polar surface area (TPSA) is 69.6 Å². The fraction of sp³-hybridized carbons (Fsp3) is 0.143. The Bertz CT molecular complexity index is 1010. The average Bonchev–Trinajstić information content (AvgIpc) is 2.63. The van der Waals surface area contributed by atoms with E-state index < -0.39 is 0 Å². The van der Waals surface area contributed by atoms with Crippen molar-refractivity contribution in [2.45, 2.75) is 13.8 Å². The Hall–Kier alpha value is -3.34. The summed E-state index contributed by atoms with van der Waals surface area (Å²) in [7, 11) is 1.67. The summed E-state index contributed by atoms with van der Waals surface area (Å²) in [6.45, 7) is 3.38. The number of phenolic OH excluding ortho intramolecular Hbond substituents is 1. The molecular formula is C21H20N2O3. The van der Waals surface area contributed by atoms with Crippen LogP contribution in [0.3, 0.4) is 0 Å². The number of hydrogen-bond acceptors (Lipinski definition) is 3. The summed E-state index contributed by atoms with van der Waals surface area (Å²) in [6.07, 6.45) is 0. The maximum absolute atomic E-state index is 12.6. The number of carbonyl (C=O) groups excluding carboxylic acids is 2. The molecule has 0 fully saturated rings. The van der Waals surface area contributed by atoms with E-state index in [1.165, 1.54) is 11.8 Å². The van der Waals surface area contributed by atoms with Gasteiger partial charge in [-0.1, -0.05) is 36.4 Å². The van der Waals surface area contributed by atoms with Gasteiger partial charge in [-0.25, -0.2) is 0 Å². The molecule has 3 aromatic rings. The van der Waals surface area contributed by atoms with Gasteiger partial charge in [0.25, 0.3) is 5.91 Å². The number of phenols is 1. The van der Waals surface area contributed by atoms with Gasteiger partial charge in [0, 0.05) is 30.4 Å². The molecule has 0 saturated heterocycles. The van der Waals surface area contributed by atoms with Crippen molar-refractivity contribution in [2.75, 3.05) is 17.3 Å². The number of amides is 2. The molecule has 5 nitrogen and oxygen atoms in total. The molecule has 0 aliphatic rings. The number of nitrogens with one attached hydrogen (secondary N) is 1. The number of anilines is 2. The lowest BCUT2D eigenvalue weighted by molar-refractivity contribution is -0.116. The first kappa shape index (κ1) is 17.5. The van der Waals surface area contributed by atoms with Crippen molar-refractivity contribution >= 4 is 34.0 Å². The van der Waals surface area contributed by atoms with Gasteiger partial charge >= 0.3 is 0 Å². The molecule has 0 spiro atoms. The predicted molar refractivity (Wildman–Crippen MR) is 104 cm³/mol. The van der Waals surface area contributed by atoms with E-state index in [4.69, 9.17) is 0 Å². The first-order chi connectivity index (χ1) is 12.4. The van der Waals surface area contributed by atoms with Crippen LogP contribution in [0.2, 0.25) is 0 Å². The third-order valence-electron chi connectivity index (χ3n) is 4.48. The molecule has 0 unspecified atom stereocenters. The molecule has 0 bridgehead atoms. The standard InChI is InChI=1S/C21H20N2O3/c1-13-7-4-5-9-18(13)22-21(26)17-12-11-15-16(20(17)25)8-6-10-19(15)23(3)14(2)24/h4-12,25H,1-3H3,(H,22,26). The molecule has 132 valence electrons. The summed E-state index contributed by atoms with van der Waals surface area (Å²) in [5.41, 5.74) is 2.49. The number of fused-ring (bicyclic) bond motifs is 1. The molecule has 0 radical (unpaired) electrons. The van der Waals surface area contributed by atoms with Gasteiger partial charge in [0.1, 0.15) is 5.75 Å². The van der Waals surface area contributed by atoms with Gasteiger partial charge in [-0.3, -0.25) is 9.59 Å². The van der Waals surface area contributed by atoms with Crippen LogP contribution in [0.4, 0.5) is 11.4 Å². The zero-order chi connectivity index (χ0) is 18.8. The fourth-order valence-electron chi connectivity index (χ4n) is 2.87. The summed E-state index contributed by atoms with van der Waals surface area (Å²) in [5.74, 6) is -0.602. The smallest absolute Gasteiger partial charge is 0.259 e. The fourth-order valence-corrected chi connectivity index (χ4v) is 2.87. The van der Waals surface area contributed by atoms with Crippen molar-refractivity contribution in [3.8, 4) is 5.75 Å². The van der Waals surface area contributed by atoms with Crippen molar-refractivity contribution < 1.29 is 14.7 Å². The van der Waals surface area contributed by atoms with Gasteiger partial charge in [-0.05, 0) is 30.7 Å². The molecule has 2 amide bonds. The lowest BCUT2D eigenvalue weighted by Gasteiger charge is -2.18. The first-order valence-corrected chi connectivity index (χ1v) is 8.26. The van der Waals surface area contributed by atoms with E-state index in [-0.39, 0.29) is 23.1 Å². The molecule has 26 heavy (non-hydrogen) atoms. The highest BCUT2D eigenvalue weighted by atomic mass is 16.3. The van der Waals surface area contributed by atoms with Crippen molar-refractivity contribution in [2.24, 2.45) is 0 Å². The van der Waals surface area contributed by atoms with Gasteiger partial charge in [-0.2, -0.15) is 0 Å². The minimum Gasteiger partial charge on any atom is -0.506 e. The molecule has 5 heteroatoms. The van der Waals surface area contributed by atoms with E-state index in [1.54, 1.807) is 37.4 Å². The number of aromatic hydroxyl groups is 1. The van der Waals surface area contributed by atoms with Gasteiger partial charge in [0.05, 0.1) is 11.3 Å². The zero-order valence-corrected chi connectivity index (χ0v) is 14.9. The monoisotopic (exact) mass is 348 g/mol. The summed E-state index contributed by atoms with van der Waals surface area (Å²) in [4.78, 5) is 25.8. The second kappa shape index (κ2) is 6.88. The lowest BCUT2D eigenvalue weighted by Crippen LogP contribution is -2.23. The number of rotatable bonds is 3. The van der Waals surface area contributed by atoms with Crippen LogP contribution in [0, 0.1) is 6.92 Å². The Balaban J connectivity index is 2.03. The van der Waals surface area contributed by atoms with E-state index in [1.807, 2.05) is 31.2 Å². The summed E-state index contributed by atoms with van der Waals surface area (Å²) in [6, 6.07) is 16.0. The van der Waals surface area contributed by atoms with Crippen LogP contribution >= 0.6 is 0 Å². The number of para-hydroxylation sites is 1. The molecule has 0 atom stereocenters. The van der Waals surface area contributed by atoms with E-state index in [0.29, 0.717) is 22.1 Å². The molecule has 2 N–H and O–H groups in total. The Labute approximate surface area is 151 Å². The molecule has 0 aromatic heterocycles. The van der Waals surface area contributed by atoms with Crippen LogP contribution in [0.25, 0.3) is 10.8 Å². The zero-order valence-electron chi connectivity index (χ0n) is 14.9. The molecule has 0 heterocycles. The normalized spacial score (nSPS) is 10.6. The average molecular weight is 348 g/mol. The number of benzene rings is 3. The van der Waals surface area contributed by atoms with Crippen molar-refractivity contribution in [3.63, 3.8) is 0 Å². The maximum atomic E-state index is 12.6. The van der Waals surface area contributed by atoms with E-state index in [0.717, 1.165) is 5.56 Å². The van der Waals surface area contributed by atoms with Crippen LogP contribution < -0.4 is 10.2 Å². The van der Waals surface area contributed by atoms with E-state index >= 15 is 0 Å². The van der Waals surface area contributed by atoms with Crippen LogP contribution in [-0.4, -0.2) is 24.0 Å². The number of hydrogen-bond donors (Lipinski definition) is 2. The predicted octanol–water partition coefficient (Wildman–Crippen LogP) is 4.09. The second-order valence-corrected chi connectivity index (χ2v) is 6.18. The van der Waals surface area contributed by atoms with Crippen LogP contribution in [-0.2, 0) is 4.79 Å². The molecule has 3 aromatic carbocycles. The Morgan fingerprint density at radius 3 is 2.38 bits per heavy atom. The molecule has 0 saturated carbocycles. The van der Waals surface area contributed by atoms with Gasteiger partial charge in [-0.15, -0.1) is 0 Å². The van der Waals surface area contributed by atoms with Gasteiger partial charge in [0.15, 0.2) is 0 Å². The summed E-state index contributed by atoms with van der Waals surface area (Å²) >= 11 is 0. The summed E-state index contributed by atoms with van der Waals surface area (Å²) < 4.78 is 0. The van der Waals surface area contributed by atoms with Crippen LogP contribution in [0.5, 0.6) is 5.75 Å². The molecule has 3 rings (SSSR count). The second-order valence-electron chi connectivity index (χ2n) is 6.18. The third-order valence-corrected chi connectivity index (χ3v) is 4.48. The Morgan fingerprint density at radius 2 is 1.69 bits per heavy atom. The van der Waals surface area contributed by atoms with Crippen molar-refractivity contribution in [1.29, 1.82) is 0 Å². The quantitative estimate of drug-likeness (QED) is 0.749. The largest absolute Gasteiger partial charge is 0.506 e. The maximum Gasteiger partial charge on any atom is 0.259 e. The highest BCUT2D eigenvalue weighted by Gasteiger charge is 2.17. The Morgan fingerprint density at radius 1 is 0.962 bits per heavy atom. The minimum absolute atomic E-state index is 0.104. The van der Waals surface area contributed by atoms with Crippen molar-refractivity contribution in [1.82, 2.24) is 0 Å². The lowest BCUT2D eigenvalue weighted by atomic mass is 10.0. The van der Waals surface area contributed by atoms with E-state index in [2.05, 4.69) is 5.32 Å².